The molecular weight excluding hydrogens is 208 g/mol. The van der Waals surface area contributed by atoms with Crippen LogP contribution in [0.25, 0.3) is 0 Å². The normalized spacial score (nSPS) is 28.8. The van der Waals surface area contributed by atoms with E-state index in [0.717, 1.165) is 13.0 Å². The smallest absolute Gasteiger partial charge is 0.315 e. The van der Waals surface area contributed by atoms with Crippen LogP contribution in [0.1, 0.15) is 32.1 Å². The molecule has 2 amide bonds. The summed E-state index contributed by atoms with van der Waals surface area (Å²) in [6, 6.07) is -0.122. The number of hydrogen-bond acceptors (Lipinski definition) is 2. The molecule has 2 aliphatic carbocycles. The lowest BCUT2D eigenvalue weighted by Crippen LogP contribution is -2.41. The van der Waals surface area contributed by atoms with Crippen molar-refractivity contribution in [2.45, 2.75) is 38.1 Å². The molecule has 0 radical (unpaired) electrons. The van der Waals surface area contributed by atoms with Crippen LogP contribution in [0.3, 0.4) is 0 Å². The fraction of sp³-hybridized carbons (Fsp3) is 0.818. The predicted molar refractivity (Wildman–Crippen MR) is 58.0 cm³/mol. The molecule has 0 aliphatic heterocycles. The summed E-state index contributed by atoms with van der Waals surface area (Å²) in [5, 5.41) is 14.5. The average molecular weight is 226 g/mol. The SMILES string of the molecule is O=C(NCC1CC1)N[C@H]1CC[C@@H](C(=O)O)C1. The highest BCUT2D eigenvalue weighted by Crippen LogP contribution is 2.28. The minimum atomic E-state index is -0.748. The van der Waals surface area contributed by atoms with E-state index in [9.17, 15) is 9.59 Å². The quantitative estimate of drug-likeness (QED) is 0.667. The van der Waals surface area contributed by atoms with Crippen molar-refractivity contribution in [1.29, 1.82) is 0 Å². The molecule has 16 heavy (non-hydrogen) atoms. The minimum absolute atomic E-state index is 0.0281. The number of amides is 2. The molecule has 2 aliphatic rings. The van der Waals surface area contributed by atoms with Gasteiger partial charge < -0.3 is 15.7 Å². The molecule has 0 heterocycles. The van der Waals surface area contributed by atoms with Crippen LogP contribution in [0, 0.1) is 11.8 Å². The molecular formula is C11H18N2O3. The molecule has 2 saturated carbocycles. The van der Waals surface area contributed by atoms with Gasteiger partial charge in [-0.15, -0.1) is 0 Å². The maximum Gasteiger partial charge on any atom is 0.315 e. The third-order valence-corrected chi connectivity index (χ3v) is 3.37. The maximum absolute atomic E-state index is 11.4. The van der Waals surface area contributed by atoms with Crippen LogP contribution in [-0.2, 0) is 4.79 Å². The molecule has 0 aromatic heterocycles. The van der Waals surface area contributed by atoms with Gasteiger partial charge in [-0.3, -0.25) is 4.79 Å². The van der Waals surface area contributed by atoms with Crippen LogP contribution < -0.4 is 10.6 Å². The van der Waals surface area contributed by atoms with Gasteiger partial charge in [0.25, 0.3) is 0 Å². The van der Waals surface area contributed by atoms with Crippen molar-refractivity contribution < 1.29 is 14.7 Å². The lowest BCUT2D eigenvalue weighted by Gasteiger charge is -2.13. The molecule has 0 aromatic carbocycles. The molecule has 3 N–H and O–H groups in total. The van der Waals surface area contributed by atoms with E-state index in [0.29, 0.717) is 18.8 Å². The second-order valence-corrected chi connectivity index (χ2v) is 4.84. The van der Waals surface area contributed by atoms with Crippen LogP contribution in [0.5, 0.6) is 0 Å². The zero-order chi connectivity index (χ0) is 11.5. The second kappa shape index (κ2) is 4.72. The fourth-order valence-corrected chi connectivity index (χ4v) is 2.13. The molecule has 2 fully saturated rings. The number of hydrogen-bond donors (Lipinski definition) is 3. The summed E-state index contributed by atoms with van der Waals surface area (Å²) < 4.78 is 0. The molecule has 2 atom stereocenters. The number of carboxylic acid groups (broad SMARTS) is 1. The second-order valence-electron chi connectivity index (χ2n) is 4.84. The Hall–Kier alpha value is -1.26. The van der Waals surface area contributed by atoms with E-state index in [1.165, 1.54) is 12.8 Å². The third-order valence-electron chi connectivity index (χ3n) is 3.37. The Balaban J connectivity index is 1.65. The number of aliphatic carboxylic acids is 1. The predicted octanol–water partition coefficient (Wildman–Crippen LogP) is 0.949. The van der Waals surface area contributed by atoms with E-state index >= 15 is 0 Å². The first-order chi connectivity index (χ1) is 7.65. The Bertz CT molecular complexity index is 289. The van der Waals surface area contributed by atoms with Crippen molar-refractivity contribution in [3.63, 3.8) is 0 Å². The number of carboxylic acids is 1. The Morgan fingerprint density at radius 1 is 1.19 bits per heavy atom. The number of nitrogens with one attached hydrogen (secondary N) is 2. The van der Waals surface area contributed by atoms with E-state index in [4.69, 9.17) is 5.11 Å². The third kappa shape index (κ3) is 3.12. The van der Waals surface area contributed by atoms with Gasteiger partial charge in [-0.05, 0) is 38.0 Å². The van der Waals surface area contributed by atoms with Gasteiger partial charge in [0.15, 0.2) is 0 Å². The van der Waals surface area contributed by atoms with Crippen molar-refractivity contribution in [1.82, 2.24) is 10.6 Å². The Morgan fingerprint density at radius 3 is 2.50 bits per heavy atom. The molecule has 0 saturated heterocycles. The highest BCUT2D eigenvalue weighted by atomic mass is 16.4. The Morgan fingerprint density at radius 2 is 1.94 bits per heavy atom. The van der Waals surface area contributed by atoms with E-state index in [1.54, 1.807) is 0 Å². The number of rotatable bonds is 4. The van der Waals surface area contributed by atoms with Gasteiger partial charge in [-0.1, -0.05) is 0 Å². The first-order valence-electron chi connectivity index (χ1n) is 5.92. The molecule has 0 bridgehead atoms. The highest BCUT2D eigenvalue weighted by molar-refractivity contribution is 5.75. The zero-order valence-corrected chi connectivity index (χ0v) is 9.24. The van der Waals surface area contributed by atoms with Gasteiger partial charge in [0.2, 0.25) is 0 Å². The van der Waals surface area contributed by atoms with E-state index in [2.05, 4.69) is 10.6 Å². The summed E-state index contributed by atoms with van der Waals surface area (Å²) in [5.74, 6) is -0.363. The van der Waals surface area contributed by atoms with Crippen molar-refractivity contribution in [2.24, 2.45) is 11.8 Å². The number of urea groups is 1. The van der Waals surface area contributed by atoms with Crippen LogP contribution >= 0.6 is 0 Å². The molecule has 0 aromatic rings. The summed E-state index contributed by atoms with van der Waals surface area (Å²) in [6.07, 6.45) is 4.43. The Kier molecular flexibility index (Phi) is 3.31. The summed E-state index contributed by atoms with van der Waals surface area (Å²) in [6.45, 7) is 0.751. The van der Waals surface area contributed by atoms with Crippen LogP contribution in [-0.4, -0.2) is 29.7 Å². The molecule has 90 valence electrons. The number of carbonyl (C=O) groups excluding carboxylic acids is 1. The fourth-order valence-electron chi connectivity index (χ4n) is 2.13. The summed E-state index contributed by atoms with van der Waals surface area (Å²) in [7, 11) is 0. The standard InChI is InChI=1S/C11H18N2O3/c14-10(15)8-3-4-9(5-8)13-11(16)12-6-7-1-2-7/h7-9H,1-6H2,(H,14,15)(H2,12,13,16)/t8-,9+/m1/s1. The molecule has 0 unspecified atom stereocenters. The van der Waals surface area contributed by atoms with E-state index < -0.39 is 5.97 Å². The van der Waals surface area contributed by atoms with Gasteiger partial charge in [0.05, 0.1) is 5.92 Å². The maximum atomic E-state index is 11.4. The summed E-state index contributed by atoms with van der Waals surface area (Å²) >= 11 is 0. The molecule has 2 rings (SSSR count). The van der Waals surface area contributed by atoms with E-state index in [-0.39, 0.29) is 18.0 Å². The van der Waals surface area contributed by atoms with Gasteiger partial charge in [0.1, 0.15) is 0 Å². The summed E-state index contributed by atoms with van der Waals surface area (Å²) in [5.41, 5.74) is 0. The lowest BCUT2D eigenvalue weighted by molar-refractivity contribution is -0.141. The van der Waals surface area contributed by atoms with Gasteiger partial charge >= 0.3 is 12.0 Å². The van der Waals surface area contributed by atoms with Crippen LogP contribution in [0.4, 0.5) is 4.79 Å². The van der Waals surface area contributed by atoms with Gasteiger partial charge in [-0.25, -0.2) is 4.79 Å². The average Bonchev–Trinajstić information content (AvgIpc) is 2.95. The largest absolute Gasteiger partial charge is 0.481 e. The van der Waals surface area contributed by atoms with Crippen molar-refractivity contribution in [3.05, 3.63) is 0 Å². The molecule has 0 spiro atoms. The number of carbonyl (C=O) groups is 2. The zero-order valence-electron chi connectivity index (χ0n) is 9.24. The van der Waals surface area contributed by atoms with Crippen LogP contribution in [0.15, 0.2) is 0 Å². The highest BCUT2D eigenvalue weighted by Gasteiger charge is 2.30. The van der Waals surface area contributed by atoms with Crippen molar-refractivity contribution in [2.75, 3.05) is 6.54 Å². The summed E-state index contributed by atoms with van der Waals surface area (Å²) in [4.78, 5) is 22.2. The first-order valence-corrected chi connectivity index (χ1v) is 5.92. The van der Waals surface area contributed by atoms with Gasteiger partial charge in [0, 0.05) is 12.6 Å². The first kappa shape index (κ1) is 11.2. The van der Waals surface area contributed by atoms with Crippen molar-refractivity contribution >= 4 is 12.0 Å². The topological polar surface area (TPSA) is 78.4 Å². The monoisotopic (exact) mass is 226 g/mol. The van der Waals surface area contributed by atoms with Gasteiger partial charge in [-0.2, -0.15) is 0 Å². The Labute approximate surface area is 94.6 Å². The lowest BCUT2D eigenvalue weighted by atomic mass is 10.1. The molecule has 5 nitrogen and oxygen atoms in total. The molecule has 5 heteroatoms. The van der Waals surface area contributed by atoms with Crippen LogP contribution in [0.2, 0.25) is 0 Å². The van der Waals surface area contributed by atoms with Crippen molar-refractivity contribution in [3.8, 4) is 0 Å². The van der Waals surface area contributed by atoms with E-state index in [1.807, 2.05) is 0 Å². The minimum Gasteiger partial charge on any atom is -0.481 e.